The molecule has 1 aliphatic heterocycles. The molecule has 1 saturated heterocycles. The zero-order valence-corrected chi connectivity index (χ0v) is 16.8. The summed E-state index contributed by atoms with van der Waals surface area (Å²) < 4.78 is 42.7. The molecule has 1 amide bonds. The van der Waals surface area contributed by atoms with Crippen molar-refractivity contribution in [3.63, 3.8) is 0 Å². The number of furan rings is 1. The highest BCUT2D eigenvalue weighted by molar-refractivity contribution is 7.89. The van der Waals surface area contributed by atoms with E-state index >= 15 is 0 Å². The molecule has 0 atom stereocenters. The summed E-state index contributed by atoms with van der Waals surface area (Å²) in [6.45, 7) is 3.53. The van der Waals surface area contributed by atoms with Crippen LogP contribution in [0.3, 0.4) is 0 Å². The van der Waals surface area contributed by atoms with Crippen LogP contribution in [-0.2, 0) is 26.1 Å². The first-order chi connectivity index (χ1) is 13.4. The molecule has 0 saturated carbocycles. The SMILES string of the molecule is Cc1ccc(CN(C)C(=O)COc2ccc(S(=O)(=O)N3CCOCC3)cc2)o1. The van der Waals surface area contributed by atoms with Gasteiger partial charge in [0.05, 0.1) is 24.7 Å². The zero-order chi connectivity index (χ0) is 20.1. The number of sulfonamides is 1. The molecule has 0 radical (unpaired) electrons. The molecule has 1 aromatic carbocycles. The molecule has 2 heterocycles. The third-order valence-corrected chi connectivity index (χ3v) is 6.32. The van der Waals surface area contributed by atoms with E-state index in [1.807, 2.05) is 19.1 Å². The van der Waals surface area contributed by atoms with Crippen LogP contribution in [0.4, 0.5) is 0 Å². The molecule has 0 bridgehead atoms. The van der Waals surface area contributed by atoms with Crippen LogP contribution in [0.15, 0.2) is 45.7 Å². The Morgan fingerprint density at radius 2 is 1.82 bits per heavy atom. The highest BCUT2D eigenvalue weighted by Crippen LogP contribution is 2.20. The fraction of sp³-hybridized carbons (Fsp3) is 0.421. The van der Waals surface area contributed by atoms with Crippen LogP contribution in [0.5, 0.6) is 5.75 Å². The van der Waals surface area contributed by atoms with Gasteiger partial charge >= 0.3 is 0 Å². The molecule has 28 heavy (non-hydrogen) atoms. The van der Waals surface area contributed by atoms with Gasteiger partial charge in [0.1, 0.15) is 17.3 Å². The first kappa shape index (κ1) is 20.4. The molecular formula is C19H24N2O6S. The highest BCUT2D eigenvalue weighted by atomic mass is 32.2. The number of amides is 1. The van der Waals surface area contributed by atoms with Crippen molar-refractivity contribution in [2.75, 3.05) is 40.0 Å². The van der Waals surface area contributed by atoms with Gasteiger partial charge in [0, 0.05) is 20.1 Å². The predicted molar refractivity (Wildman–Crippen MR) is 101 cm³/mol. The maximum atomic E-state index is 12.6. The summed E-state index contributed by atoms with van der Waals surface area (Å²) in [5, 5.41) is 0. The summed E-state index contributed by atoms with van der Waals surface area (Å²) in [6, 6.07) is 9.75. The van der Waals surface area contributed by atoms with Crippen LogP contribution in [0.1, 0.15) is 11.5 Å². The fourth-order valence-corrected chi connectivity index (χ4v) is 4.20. The van der Waals surface area contributed by atoms with Gasteiger partial charge < -0.3 is 18.8 Å². The molecule has 0 spiro atoms. The number of benzene rings is 1. The summed E-state index contributed by atoms with van der Waals surface area (Å²) >= 11 is 0. The van der Waals surface area contributed by atoms with E-state index < -0.39 is 10.0 Å². The average Bonchev–Trinajstić information content (AvgIpc) is 3.11. The van der Waals surface area contributed by atoms with Crippen molar-refractivity contribution in [2.45, 2.75) is 18.4 Å². The van der Waals surface area contributed by atoms with Gasteiger partial charge in [-0.1, -0.05) is 0 Å². The first-order valence-corrected chi connectivity index (χ1v) is 10.4. The number of carbonyl (C=O) groups is 1. The van der Waals surface area contributed by atoms with Crippen molar-refractivity contribution in [2.24, 2.45) is 0 Å². The molecule has 1 aliphatic rings. The van der Waals surface area contributed by atoms with E-state index in [0.29, 0.717) is 44.4 Å². The smallest absolute Gasteiger partial charge is 0.260 e. The van der Waals surface area contributed by atoms with E-state index in [1.54, 1.807) is 19.2 Å². The van der Waals surface area contributed by atoms with E-state index in [4.69, 9.17) is 13.9 Å². The largest absolute Gasteiger partial charge is 0.484 e. The summed E-state index contributed by atoms with van der Waals surface area (Å²) in [6.07, 6.45) is 0. The van der Waals surface area contributed by atoms with Gasteiger partial charge in [-0.05, 0) is 43.3 Å². The standard InChI is InChI=1S/C19H24N2O6S/c1-15-3-4-17(27-15)13-20(2)19(22)14-26-16-5-7-18(8-6-16)28(23,24)21-9-11-25-12-10-21/h3-8H,9-14H2,1-2H3. The number of rotatable bonds is 7. The Balaban J connectivity index is 1.54. The van der Waals surface area contributed by atoms with Crippen LogP contribution in [0.25, 0.3) is 0 Å². The lowest BCUT2D eigenvalue weighted by molar-refractivity contribution is -0.132. The van der Waals surface area contributed by atoms with Gasteiger partial charge in [-0.2, -0.15) is 4.31 Å². The third kappa shape index (κ3) is 4.92. The molecule has 3 rings (SSSR count). The van der Waals surface area contributed by atoms with Crippen molar-refractivity contribution in [1.29, 1.82) is 0 Å². The van der Waals surface area contributed by atoms with E-state index in [-0.39, 0.29) is 17.4 Å². The van der Waals surface area contributed by atoms with E-state index in [2.05, 4.69) is 0 Å². The fourth-order valence-electron chi connectivity index (χ4n) is 2.79. The Morgan fingerprint density at radius 1 is 1.14 bits per heavy atom. The van der Waals surface area contributed by atoms with Crippen LogP contribution >= 0.6 is 0 Å². The van der Waals surface area contributed by atoms with Gasteiger partial charge in [-0.3, -0.25) is 4.79 Å². The molecule has 2 aromatic rings. The van der Waals surface area contributed by atoms with Crippen LogP contribution in [-0.4, -0.2) is 63.5 Å². The summed E-state index contributed by atoms with van der Waals surface area (Å²) in [5.74, 6) is 1.71. The van der Waals surface area contributed by atoms with Crippen molar-refractivity contribution < 1.29 is 27.1 Å². The van der Waals surface area contributed by atoms with Crippen molar-refractivity contribution in [3.05, 3.63) is 47.9 Å². The zero-order valence-electron chi connectivity index (χ0n) is 16.0. The maximum Gasteiger partial charge on any atom is 0.260 e. The topological polar surface area (TPSA) is 89.3 Å². The number of ether oxygens (including phenoxy) is 2. The molecule has 1 fully saturated rings. The Labute approximate surface area is 164 Å². The van der Waals surface area contributed by atoms with Crippen molar-refractivity contribution >= 4 is 15.9 Å². The number of hydrogen-bond donors (Lipinski definition) is 0. The molecule has 8 nitrogen and oxygen atoms in total. The van der Waals surface area contributed by atoms with Crippen LogP contribution < -0.4 is 4.74 Å². The molecule has 0 N–H and O–H groups in total. The molecule has 0 unspecified atom stereocenters. The van der Waals surface area contributed by atoms with Gasteiger partial charge in [-0.15, -0.1) is 0 Å². The van der Waals surface area contributed by atoms with E-state index in [1.165, 1.54) is 21.3 Å². The highest BCUT2D eigenvalue weighted by Gasteiger charge is 2.26. The lowest BCUT2D eigenvalue weighted by Crippen LogP contribution is -2.40. The summed E-state index contributed by atoms with van der Waals surface area (Å²) in [5.41, 5.74) is 0. The number of aryl methyl sites for hydroxylation is 1. The monoisotopic (exact) mass is 408 g/mol. The second kappa shape index (κ2) is 8.76. The van der Waals surface area contributed by atoms with Crippen molar-refractivity contribution in [1.82, 2.24) is 9.21 Å². The Hall–Kier alpha value is -2.36. The Kier molecular flexibility index (Phi) is 6.38. The molecule has 152 valence electrons. The first-order valence-electron chi connectivity index (χ1n) is 8.96. The minimum atomic E-state index is -3.54. The lowest BCUT2D eigenvalue weighted by atomic mass is 10.3. The predicted octanol–water partition coefficient (Wildman–Crippen LogP) is 1.65. The quantitative estimate of drug-likeness (QED) is 0.692. The normalized spacial score (nSPS) is 15.4. The van der Waals surface area contributed by atoms with Gasteiger partial charge in [-0.25, -0.2) is 8.42 Å². The van der Waals surface area contributed by atoms with Gasteiger partial charge in [0.2, 0.25) is 10.0 Å². The number of likely N-dealkylation sites (N-methyl/N-ethyl adjacent to an activating group) is 1. The lowest BCUT2D eigenvalue weighted by Gasteiger charge is -2.26. The van der Waals surface area contributed by atoms with Gasteiger partial charge in [0.25, 0.3) is 5.91 Å². The van der Waals surface area contributed by atoms with Crippen LogP contribution in [0, 0.1) is 6.92 Å². The molecule has 9 heteroatoms. The Bertz CT molecular complexity index is 901. The minimum Gasteiger partial charge on any atom is -0.484 e. The average molecular weight is 408 g/mol. The van der Waals surface area contributed by atoms with E-state index in [0.717, 1.165) is 5.76 Å². The van der Waals surface area contributed by atoms with Crippen LogP contribution in [0.2, 0.25) is 0 Å². The molecular weight excluding hydrogens is 384 g/mol. The second-order valence-electron chi connectivity index (χ2n) is 6.54. The number of carbonyl (C=O) groups excluding carboxylic acids is 1. The molecule has 1 aromatic heterocycles. The Morgan fingerprint density at radius 3 is 2.43 bits per heavy atom. The van der Waals surface area contributed by atoms with Crippen molar-refractivity contribution in [3.8, 4) is 5.75 Å². The third-order valence-electron chi connectivity index (χ3n) is 4.41. The number of morpholine rings is 1. The summed E-state index contributed by atoms with van der Waals surface area (Å²) in [4.78, 5) is 13.9. The van der Waals surface area contributed by atoms with Gasteiger partial charge in [0.15, 0.2) is 6.61 Å². The van der Waals surface area contributed by atoms with E-state index in [9.17, 15) is 13.2 Å². The minimum absolute atomic E-state index is 0.147. The number of nitrogens with zero attached hydrogens (tertiary/aromatic N) is 2. The molecule has 0 aliphatic carbocycles. The second-order valence-corrected chi connectivity index (χ2v) is 8.48. The maximum absolute atomic E-state index is 12.6. The summed E-state index contributed by atoms with van der Waals surface area (Å²) in [7, 11) is -1.88. The number of hydrogen-bond acceptors (Lipinski definition) is 6.